The van der Waals surface area contributed by atoms with E-state index in [-0.39, 0.29) is 11.3 Å². The molecular formula is C26H27ClN4O4S. The molecule has 0 saturated carbocycles. The van der Waals surface area contributed by atoms with Gasteiger partial charge in [-0.3, -0.25) is 18.9 Å². The fourth-order valence-electron chi connectivity index (χ4n) is 4.23. The van der Waals surface area contributed by atoms with Crippen molar-refractivity contribution in [2.24, 2.45) is 0 Å². The maximum absolute atomic E-state index is 14.0. The summed E-state index contributed by atoms with van der Waals surface area (Å²) in [5.41, 5.74) is 3.60. The zero-order chi connectivity index (χ0) is 26.0. The number of carbonyl (C=O) groups is 2. The number of hydrogen-bond donors (Lipinski definition) is 2. The zero-order valence-electron chi connectivity index (χ0n) is 20.2. The molecule has 1 atom stereocenters. The molecule has 188 valence electrons. The topological polar surface area (TPSA) is 108 Å². The van der Waals surface area contributed by atoms with E-state index in [9.17, 15) is 18.0 Å². The highest BCUT2D eigenvalue weighted by Gasteiger charge is 2.42. The number of aromatic nitrogens is 1. The molecule has 3 aromatic rings. The number of rotatable bonds is 7. The van der Waals surface area contributed by atoms with E-state index in [1.54, 1.807) is 50.4 Å². The molecule has 0 radical (unpaired) electrons. The highest BCUT2D eigenvalue weighted by Crippen LogP contribution is 2.38. The maximum atomic E-state index is 14.0. The minimum absolute atomic E-state index is 0.0346. The van der Waals surface area contributed by atoms with Crippen LogP contribution in [-0.4, -0.2) is 37.8 Å². The number of benzene rings is 2. The van der Waals surface area contributed by atoms with Crippen molar-refractivity contribution in [3.05, 3.63) is 82.1 Å². The van der Waals surface area contributed by atoms with Crippen molar-refractivity contribution in [3.8, 4) is 0 Å². The third kappa shape index (κ3) is 5.22. The van der Waals surface area contributed by atoms with Crippen LogP contribution < -0.4 is 14.9 Å². The van der Waals surface area contributed by atoms with E-state index in [0.717, 1.165) is 15.6 Å². The van der Waals surface area contributed by atoms with Crippen molar-refractivity contribution in [2.45, 2.75) is 44.6 Å². The van der Waals surface area contributed by atoms with Crippen LogP contribution >= 0.6 is 11.6 Å². The molecule has 1 aliphatic heterocycles. The van der Waals surface area contributed by atoms with E-state index in [0.29, 0.717) is 40.5 Å². The lowest BCUT2D eigenvalue weighted by Crippen LogP contribution is -2.53. The highest BCUT2D eigenvalue weighted by atomic mass is 35.5. The second kappa shape index (κ2) is 10.3. The van der Waals surface area contributed by atoms with Gasteiger partial charge in [0.1, 0.15) is 6.04 Å². The number of para-hydroxylation sites is 2. The molecule has 1 aromatic heterocycles. The Morgan fingerprint density at radius 2 is 1.86 bits per heavy atom. The Kier molecular flexibility index (Phi) is 7.33. The fourth-order valence-corrected chi connectivity index (χ4v) is 6.37. The minimum Gasteiger partial charge on any atom is -0.356 e. The Morgan fingerprint density at radius 3 is 2.61 bits per heavy atom. The molecule has 0 fully saturated rings. The van der Waals surface area contributed by atoms with Crippen molar-refractivity contribution in [1.82, 2.24) is 10.3 Å². The second-order valence-corrected chi connectivity index (χ2v) is 11.0. The Labute approximate surface area is 215 Å². The second-order valence-electron chi connectivity index (χ2n) is 8.80. The predicted octanol–water partition coefficient (Wildman–Crippen LogP) is 3.93. The summed E-state index contributed by atoms with van der Waals surface area (Å²) in [6, 6.07) is 12.3. The van der Waals surface area contributed by atoms with E-state index in [4.69, 9.17) is 11.6 Å². The first-order valence-electron chi connectivity index (χ1n) is 11.5. The Hall–Kier alpha value is -3.43. The average molecular weight is 527 g/mol. The highest BCUT2D eigenvalue weighted by molar-refractivity contribution is 7.93. The van der Waals surface area contributed by atoms with Crippen LogP contribution in [0.2, 0.25) is 5.02 Å². The van der Waals surface area contributed by atoms with Gasteiger partial charge in [-0.15, -0.1) is 0 Å². The number of aryl methyl sites for hydroxylation is 3. The van der Waals surface area contributed by atoms with E-state index in [1.165, 1.54) is 6.07 Å². The number of hydrogen-bond acceptors (Lipinski definition) is 5. The molecule has 36 heavy (non-hydrogen) atoms. The van der Waals surface area contributed by atoms with Crippen LogP contribution in [-0.2, 0) is 26.0 Å². The number of nitrogens with zero attached hydrogens (tertiary/aromatic N) is 2. The van der Waals surface area contributed by atoms with Crippen LogP contribution in [0.3, 0.4) is 0 Å². The van der Waals surface area contributed by atoms with Crippen LogP contribution in [0.1, 0.15) is 28.8 Å². The largest absolute Gasteiger partial charge is 0.356 e. The van der Waals surface area contributed by atoms with Gasteiger partial charge in [-0.05, 0) is 80.3 Å². The summed E-state index contributed by atoms with van der Waals surface area (Å²) in [6.07, 6.45) is 1.96. The molecule has 1 unspecified atom stereocenters. The van der Waals surface area contributed by atoms with Crippen molar-refractivity contribution < 1.29 is 18.0 Å². The summed E-state index contributed by atoms with van der Waals surface area (Å²) in [5, 5.41) is 5.99. The van der Waals surface area contributed by atoms with Gasteiger partial charge in [0.2, 0.25) is 11.8 Å². The number of carbonyl (C=O) groups excluding carboxylic acids is 2. The molecule has 0 saturated heterocycles. The first kappa shape index (κ1) is 25.7. The number of amides is 2. The van der Waals surface area contributed by atoms with Crippen LogP contribution in [0.5, 0.6) is 0 Å². The number of halogens is 1. The number of fused-ring (bicyclic) bond motifs is 1. The monoisotopic (exact) mass is 526 g/mol. The fraction of sp³-hybridized carbons (Fsp3) is 0.269. The van der Waals surface area contributed by atoms with Crippen LogP contribution in [0.4, 0.5) is 11.4 Å². The molecule has 2 amide bonds. The molecule has 2 heterocycles. The van der Waals surface area contributed by atoms with Gasteiger partial charge in [-0.2, -0.15) is 0 Å². The first-order valence-corrected chi connectivity index (χ1v) is 13.3. The smallest absolute Gasteiger partial charge is 0.265 e. The van der Waals surface area contributed by atoms with Crippen molar-refractivity contribution >= 4 is 44.8 Å². The van der Waals surface area contributed by atoms with E-state index < -0.39 is 27.9 Å². The molecule has 0 aliphatic carbocycles. The third-order valence-electron chi connectivity index (χ3n) is 6.05. The van der Waals surface area contributed by atoms with E-state index in [2.05, 4.69) is 15.6 Å². The van der Waals surface area contributed by atoms with Crippen molar-refractivity contribution in [3.63, 3.8) is 0 Å². The van der Waals surface area contributed by atoms with Gasteiger partial charge in [0.15, 0.2) is 0 Å². The molecule has 8 nitrogen and oxygen atoms in total. The predicted molar refractivity (Wildman–Crippen MR) is 140 cm³/mol. The van der Waals surface area contributed by atoms with Crippen LogP contribution in [0, 0.1) is 20.8 Å². The first-order chi connectivity index (χ1) is 17.1. The summed E-state index contributed by atoms with van der Waals surface area (Å²) < 4.78 is 29.0. The third-order valence-corrected chi connectivity index (χ3v) is 8.43. The van der Waals surface area contributed by atoms with Gasteiger partial charge >= 0.3 is 0 Å². The Morgan fingerprint density at radius 1 is 1.11 bits per heavy atom. The molecule has 0 bridgehead atoms. The summed E-state index contributed by atoms with van der Waals surface area (Å²) in [4.78, 5) is 30.1. The van der Waals surface area contributed by atoms with Gasteiger partial charge in [-0.1, -0.05) is 23.7 Å². The molecule has 2 aromatic carbocycles. The number of nitrogens with one attached hydrogen (secondary N) is 2. The molecule has 1 aliphatic rings. The van der Waals surface area contributed by atoms with E-state index in [1.807, 2.05) is 19.1 Å². The van der Waals surface area contributed by atoms with Gasteiger partial charge in [0.25, 0.3) is 10.0 Å². The van der Waals surface area contributed by atoms with Crippen molar-refractivity contribution in [2.75, 3.05) is 16.2 Å². The number of anilines is 2. The lowest BCUT2D eigenvalue weighted by Gasteiger charge is -2.37. The SMILES string of the molecule is Cc1cc(CCNC(=O)CC2C(=O)Nc3ccccc3N2S(=O)(=O)c2cc(C)c(Cl)cc2C)ccn1. The van der Waals surface area contributed by atoms with Gasteiger partial charge in [0.05, 0.1) is 22.7 Å². The standard InChI is InChI=1S/C26H27ClN4O4S/c1-16-13-24(17(2)12-20(16)27)36(34,35)31-22-7-5-4-6-21(22)30-26(33)23(31)15-25(32)29-11-9-19-8-10-28-18(3)14-19/h4-8,10,12-14,23H,9,11,15H2,1-3H3,(H,29,32)(H,30,33). The Bertz CT molecular complexity index is 1440. The summed E-state index contributed by atoms with van der Waals surface area (Å²) in [6.45, 7) is 5.60. The van der Waals surface area contributed by atoms with Gasteiger partial charge < -0.3 is 10.6 Å². The summed E-state index contributed by atoms with van der Waals surface area (Å²) in [7, 11) is -4.21. The molecule has 4 rings (SSSR count). The van der Waals surface area contributed by atoms with Gasteiger partial charge in [0, 0.05) is 23.5 Å². The Balaban J connectivity index is 1.63. The maximum Gasteiger partial charge on any atom is 0.265 e. The average Bonchev–Trinajstić information content (AvgIpc) is 2.81. The molecule has 10 heteroatoms. The molecule has 2 N–H and O–H groups in total. The van der Waals surface area contributed by atoms with Gasteiger partial charge in [-0.25, -0.2) is 8.42 Å². The van der Waals surface area contributed by atoms with Crippen LogP contribution in [0.15, 0.2) is 59.6 Å². The normalized spacial score (nSPS) is 15.3. The summed E-state index contributed by atoms with van der Waals surface area (Å²) in [5.74, 6) is -0.995. The lowest BCUT2D eigenvalue weighted by atomic mass is 10.1. The lowest BCUT2D eigenvalue weighted by molar-refractivity contribution is -0.125. The summed E-state index contributed by atoms with van der Waals surface area (Å²) >= 11 is 6.20. The molecule has 0 spiro atoms. The quantitative estimate of drug-likeness (QED) is 0.485. The van der Waals surface area contributed by atoms with E-state index >= 15 is 0 Å². The number of pyridine rings is 1. The molecular weight excluding hydrogens is 500 g/mol. The van der Waals surface area contributed by atoms with Crippen LogP contribution in [0.25, 0.3) is 0 Å². The van der Waals surface area contributed by atoms with Crippen molar-refractivity contribution in [1.29, 1.82) is 0 Å². The minimum atomic E-state index is -4.21. The zero-order valence-corrected chi connectivity index (χ0v) is 21.8. The number of sulfonamides is 1.